The number of benzene rings is 1. The third-order valence-electron chi connectivity index (χ3n) is 3.39. The number of nitrogens with zero attached hydrogens (tertiary/aromatic N) is 1. The van der Waals surface area contributed by atoms with Crippen LogP contribution in [0.15, 0.2) is 18.2 Å². The van der Waals surface area contributed by atoms with Gasteiger partial charge in [-0.05, 0) is 50.4 Å². The van der Waals surface area contributed by atoms with Gasteiger partial charge in [0.1, 0.15) is 5.82 Å². The van der Waals surface area contributed by atoms with Crippen molar-refractivity contribution in [3.63, 3.8) is 0 Å². The Balaban J connectivity index is 1.95. The third-order valence-corrected chi connectivity index (χ3v) is 3.39. The van der Waals surface area contributed by atoms with Gasteiger partial charge in [-0.1, -0.05) is 12.1 Å². The summed E-state index contributed by atoms with van der Waals surface area (Å²) in [6.45, 7) is 4.33. The van der Waals surface area contributed by atoms with E-state index in [0.717, 1.165) is 30.2 Å². The highest BCUT2D eigenvalue weighted by molar-refractivity contribution is 5.78. The molecule has 1 fully saturated rings. The number of hydrogen-bond donors (Lipinski definition) is 2. The largest absolute Gasteiger partial charge is 0.342 e. The minimum absolute atomic E-state index is 0.780. The molecule has 0 saturated carbocycles. The Bertz CT molecular complexity index is 495. The van der Waals surface area contributed by atoms with Crippen molar-refractivity contribution in [2.24, 2.45) is 5.92 Å². The van der Waals surface area contributed by atoms with Gasteiger partial charge in [0.15, 0.2) is 0 Å². The number of fused-ring (bicyclic) bond motifs is 1. The Labute approximate surface area is 95.3 Å². The molecular formula is C13H17N3. The van der Waals surface area contributed by atoms with Gasteiger partial charge in [0.25, 0.3) is 0 Å². The van der Waals surface area contributed by atoms with Gasteiger partial charge >= 0.3 is 0 Å². The number of imidazole rings is 1. The number of H-pyrrole nitrogens is 1. The van der Waals surface area contributed by atoms with Gasteiger partial charge in [-0.25, -0.2) is 4.98 Å². The molecule has 16 heavy (non-hydrogen) atoms. The standard InChI is InChI=1S/C13H17N3/c1-9-15-12-4-2-3-11(13(12)16-9)7-10-5-6-14-8-10/h2-4,10,14H,5-8H2,1H3,(H,15,16). The summed E-state index contributed by atoms with van der Waals surface area (Å²) in [7, 11) is 0. The molecule has 3 nitrogen and oxygen atoms in total. The minimum atomic E-state index is 0.780. The van der Waals surface area contributed by atoms with E-state index in [1.807, 2.05) is 6.92 Å². The lowest BCUT2D eigenvalue weighted by Gasteiger charge is -2.08. The molecule has 1 aliphatic heterocycles. The Morgan fingerprint density at radius 1 is 1.44 bits per heavy atom. The molecule has 3 rings (SSSR count). The molecule has 1 aromatic heterocycles. The molecule has 1 unspecified atom stereocenters. The predicted octanol–water partition coefficient (Wildman–Crippen LogP) is 2.02. The van der Waals surface area contributed by atoms with Crippen molar-refractivity contribution in [3.05, 3.63) is 29.6 Å². The van der Waals surface area contributed by atoms with Crippen molar-refractivity contribution >= 4 is 11.0 Å². The number of nitrogens with one attached hydrogen (secondary N) is 2. The van der Waals surface area contributed by atoms with Crippen molar-refractivity contribution in [2.45, 2.75) is 19.8 Å². The average molecular weight is 215 g/mol. The second kappa shape index (κ2) is 3.91. The van der Waals surface area contributed by atoms with Crippen LogP contribution in [0, 0.1) is 12.8 Å². The van der Waals surface area contributed by atoms with Gasteiger partial charge in [0, 0.05) is 0 Å². The lowest BCUT2D eigenvalue weighted by atomic mass is 9.98. The monoisotopic (exact) mass is 215 g/mol. The first-order chi connectivity index (χ1) is 7.83. The zero-order chi connectivity index (χ0) is 11.0. The molecule has 2 heterocycles. The first-order valence-corrected chi connectivity index (χ1v) is 5.98. The molecule has 84 valence electrons. The molecule has 2 aromatic rings. The summed E-state index contributed by atoms with van der Waals surface area (Å²) in [6, 6.07) is 6.43. The molecule has 1 aliphatic rings. The summed E-state index contributed by atoms with van der Waals surface area (Å²) >= 11 is 0. The van der Waals surface area contributed by atoms with Gasteiger partial charge in [-0.3, -0.25) is 0 Å². The fraction of sp³-hybridized carbons (Fsp3) is 0.462. The van der Waals surface area contributed by atoms with E-state index in [9.17, 15) is 0 Å². The molecular weight excluding hydrogens is 198 g/mol. The highest BCUT2D eigenvalue weighted by Crippen LogP contribution is 2.21. The summed E-state index contributed by atoms with van der Waals surface area (Å²) in [4.78, 5) is 7.88. The number of rotatable bonds is 2. The van der Waals surface area contributed by atoms with Gasteiger partial charge in [0.2, 0.25) is 0 Å². The van der Waals surface area contributed by atoms with Crippen LogP contribution in [0.3, 0.4) is 0 Å². The van der Waals surface area contributed by atoms with E-state index >= 15 is 0 Å². The van der Waals surface area contributed by atoms with E-state index in [0.29, 0.717) is 0 Å². The molecule has 3 heteroatoms. The van der Waals surface area contributed by atoms with Gasteiger partial charge in [-0.15, -0.1) is 0 Å². The molecule has 0 bridgehead atoms. The number of aromatic nitrogens is 2. The Morgan fingerprint density at radius 3 is 3.19 bits per heavy atom. The van der Waals surface area contributed by atoms with E-state index in [1.54, 1.807) is 0 Å². The number of aromatic amines is 1. The third kappa shape index (κ3) is 1.71. The van der Waals surface area contributed by atoms with Crippen LogP contribution in [-0.2, 0) is 6.42 Å². The van der Waals surface area contributed by atoms with Gasteiger partial charge < -0.3 is 10.3 Å². The summed E-state index contributed by atoms with van der Waals surface area (Å²) in [5.41, 5.74) is 3.71. The normalized spacial score (nSPS) is 20.7. The van der Waals surface area contributed by atoms with Crippen molar-refractivity contribution < 1.29 is 0 Å². The number of para-hydroxylation sites is 1. The summed E-state index contributed by atoms with van der Waals surface area (Å²) < 4.78 is 0. The highest BCUT2D eigenvalue weighted by Gasteiger charge is 2.16. The fourth-order valence-corrected chi connectivity index (χ4v) is 2.58. The number of hydrogen-bond acceptors (Lipinski definition) is 2. The molecule has 0 aliphatic carbocycles. The molecule has 2 N–H and O–H groups in total. The van der Waals surface area contributed by atoms with E-state index in [2.05, 4.69) is 33.5 Å². The zero-order valence-electron chi connectivity index (χ0n) is 9.59. The Kier molecular flexibility index (Phi) is 2.40. The van der Waals surface area contributed by atoms with Crippen LogP contribution in [0.2, 0.25) is 0 Å². The summed E-state index contributed by atoms with van der Waals surface area (Å²) in [5, 5.41) is 3.42. The minimum Gasteiger partial charge on any atom is -0.342 e. The molecule has 1 saturated heterocycles. The maximum absolute atomic E-state index is 4.58. The SMILES string of the molecule is Cc1nc2c(CC3CCNC3)cccc2[nH]1. The van der Waals surface area contributed by atoms with Crippen LogP contribution in [0.5, 0.6) is 0 Å². The molecule has 0 amide bonds. The quantitative estimate of drug-likeness (QED) is 0.804. The highest BCUT2D eigenvalue weighted by atomic mass is 14.9. The molecule has 0 spiro atoms. The topological polar surface area (TPSA) is 40.7 Å². The summed E-state index contributed by atoms with van der Waals surface area (Å²) in [6.07, 6.45) is 2.44. The molecule has 0 radical (unpaired) electrons. The van der Waals surface area contributed by atoms with Crippen LogP contribution in [0.1, 0.15) is 17.8 Å². The second-order valence-electron chi connectivity index (χ2n) is 4.70. The van der Waals surface area contributed by atoms with E-state index in [4.69, 9.17) is 0 Å². The van der Waals surface area contributed by atoms with Crippen molar-refractivity contribution in [2.75, 3.05) is 13.1 Å². The van der Waals surface area contributed by atoms with Crippen LogP contribution in [-0.4, -0.2) is 23.1 Å². The van der Waals surface area contributed by atoms with Gasteiger partial charge in [0.05, 0.1) is 11.0 Å². The fourth-order valence-electron chi connectivity index (χ4n) is 2.58. The zero-order valence-corrected chi connectivity index (χ0v) is 9.59. The van der Waals surface area contributed by atoms with Crippen LogP contribution in [0.4, 0.5) is 0 Å². The average Bonchev–Trinajstić information content (AvgIpc) is 2.86. The van der Waals surface area contributed by atoms with Crippen molar-refractivity contribution in [3.8, 4) is 0 Å². The molecule has 1 aromatic carbocycles. The van der Waals surface area contributed by atoms with Crippen molar-refractivity contribution in [1.29, 1.82) is 0 Å². The maximum Gasteiger partial charge on any atom is 0.104 e. The second-order valence-corrected chi connectivity index (χ2v) is 4.70. The maximum atomic E-state index is 4.58. The Morgan fingerprint density at radius 2 is 2.38 bits per heavy atom. The number of aryl methyl sites for hydroxylation is 1. The van der Waals surface area contributed by atoms with E-state index in [-0.39, 0.29) is 0 Å². The van der Waals surface area contributed by atoms with E-state index < -0.39 is 0 Å². The van der Waals surface area contributed by atoms with Crippen LogP contribution < -0.4 is 5.32 Å². The Hall–Kier alpha value is -1.35. The first kappa shape index (κ1) is 9.85. The first-order valence-electron chi connectivity index (χ1n) is 5.98. The van der Waals surface area contributed by atoms with Crippen LogP contribution in [0.25, 0.3) is 11.0 Å². The van der Waals surface area contributed by atoms with Crippen LogP contribution >= 0.6 is 0 Å². The lowest BCUT2D eigenvalue weighted by Crippen LogP contribution is -2.10. The smallest absolute Gasteiger partial charge is 0.104 e. The van der Waals surface area contributed by atoms with Crippen molar-refractivity contribution in [1.82, 2.24) is 15.3 Å². The van der Waals surface area contributed by atoms with Gasteiger partial charge in [-0.2, -0.15) is 0 Å². The lowest BCUT2D eigenvalue weighted by molar-refractivity contribution is 0.582. The predicted molar refractivity (Wildman–Crippen MR) is 65.5 cm³/mol. The summed E-state index contributed by atoms with van der Waals surface area (Å²) in [5.74, 6) is 1.79. The molecule has 1 atom stereocenters. The van der Waals surface area contributed by atoms with E-state index in [1.165, 1.54) is 24.0 Å².